The number of benzene rings is 1. The molecule has 0 amide bonds. The summed E-state index contributed by atoms with van der Waals surface area (Å²) in [5, 5.41) is 3.13. The maximum Gasteiger partial charge on any atom is 0.168 e. The van der Waals surface area contributed by atoms with Gasteiger partial charge in [-0.25, -0.2) is 4.98 Å². The molecule has 1 aliphatic rings. The topological polar surface area (TPSA) is 74.3 Å². The zero-order valence-electron chi connectivity index (χ0n) is 10.00. The Morgan fingerprint density at radius 2 is 2.05 bits per heavy atom. The third-order valence-electron chi connectivity index (χ3n) is 2.70. The molecule has 0 fully saturated rings. The summed E-state index contributed by atoms with van der Waals surface area (Å²) >= 11 is 4.89. The van der Waals surface area contributed by atoms with Gasteiger partial charge in [0.05, 0.1) is 17.7 Å². The van der Waals surface area contributed by atoms with Crippen LogP contribution in [-0.2, 0) is 0 Å². The number of anilines is 1. The van der Waals surface area contributed by atoms with E-state index < -0.39 is 0 Å². The highest BCUT2D eigenvalue weighted by atomic mass is 32.1. The summed E-state index contributed by atoms with van der Waals surface area (Å²) in [5.41, 5.74) is 7.13. The predicted octanol–water partition coefficient (Wildman–Crippen LogP) is 1.30. The van der Waals surface area contributed by atoms with Crippen LogP contribution < -0.4 is 20.5 Å². The fraction of sp³-hybridized carbons (Fsp3) is 0.167. The Morgan fingerprint density at radius 1 is 1.32 bits per heavy atom. The van der Waals surface area contributed by atoms with E-state index in [1.165, 1.54) is 0 Å². The molecule has 7 heteroatoms. The summed E-state index contributed by atoms with van der Waals surface area (Å²) in [6.45, 7) is 1.07. The van der Waals surface area contributed by atoms with Crippen LogP contribution in [0.5, 0.6) is 11.5 Å². The molecule has 0 aliphatic carbocycles. The molecule has 2 aromatic rings. The van der Waals surface area contributed by atoms with Crippen molar-refractivity contribution >= 4 is 23.0 Å². The van der Waals surface area contributed by atoms with E-state index >= 15 is 0 Å². The van der Waals surface area contributed by atoms with Crippen LogP contribution in [0.1, 0.15) is 0 Å². The van der Waals surface area contributed by atoms with Crippen molar-refractivity contribution in [1.82, 2.24) is 9.55 Å². The lowest BCUT2D eigenvalue weighted by Gasteiger charge is -2.21. The van der Waals surface area contributed by atoms with Gasteiger partial charge in [-0.1, -0.05) is 0 Å². The van der Waals surface area contributed by atoms with Crippen molar-refractivity contribution in [2.75, 3.05) is 18.5 Å². The summed E-state index contributed by atoms with van der Waals surface area (Å²) in [4.78, 5) is 4.03. The number of thiocarbonyl (C=S) groups is 1. The van der Waals surface area contributed by atoms with Crippen molar-refractivity contribution < 1.29 is 9.47 Å². The van der Waals surface area contributed by atoms with Gasteiger partial charge in [-0.15, -0.1) is 0 Å². The van der Waals surface area contributed by atoms with Gasteiger partial charge in [-0.3, -0.25) is 0 Å². The van der Waals surface area contributed by atoms with E-state index in [1.807, 2.05) is 22.9 Å². The molecule has 19 heavy (non-hydrogen) atoms. The lowest BCUT2D eigenvalue weighted by Crippen LogP contribution is -2.21. The minimum Gasteiger partial charge on any atom is -0.486 e. The van der Waals surface area contributed by atoms with Crippen LogP contribution in [0.2, 0.25) is 0 Å². The van der Waals surface area contributed by atoms with Gasteiger partial charge in [0, 0.05) is 24.5 Å². The number of aromatic nitrogens is 2. The van der Waals surface area contributed by atoms with Gasteiger partial charge in [0.25, 0.3) is 0 Å². The van der Waals surface area contributed by atoms with E-state index in [4.69, 9.17) is 27.4 Å². The number of nitrogens with one attached hydrogen (secondary N) is 1. The van der Waals surface area contributed by atoms with E-state index in [1.54, 1.807) is 12.5 Å². The van der Waals surface area contributed by atoms with Gasteiger partial charge in [0.2, 0.25) is 0 Å². The molecule has 6 nitrogen and oxygen atoms in total. The third kappa shape index (κ3) is 2.32. The summed E-state index contributed by atoms with van der Waals surface area (Å²) in [6, 6.07) is 3.69. The van der Waals surface area contributed by atoms with Crippen molar-refractivity contribution in [2.24, 2.45) is 5.73 Å². The minimum absolute atomic E-state index is 0.193. The second-order valence-electron chi connectivity index (χ2n) is 3.97. The molecule has 1 aliphatic heterocycles. The number of rotatable bonds is 2. The first-order valence-electron chi connectivity index (χ1n) is 5.72. The molecular formula is C12H12N4O2S. The van der Waals surface area contributed by atoms with Crippen LogP contribution in [0.3, 0.4) is 0 Å². The monoisotopic (exact) mass is 276 g/mol. The molecule has 0 radical (unpaired) electrons. The summed E-state index contributed by atoms with van der Waals surface area (Å²) < 4.78 is 13.0. The van der Waals surface area contributed by atoms with E-state index in [0.717, 1.165) is 11.4 Å². The molecule has 1 aromatic heterocycles. The summed E-state index contributed by atoms with van der Waals surface area (Å²) in [6.07, 6.45) is 5.22. The number of nitrogens with two attached hydrogens (primary N) is 1. The largest absolute Gasteiger partial charge is 0.486 e. The molecule has 2 heterocycles. The Kier molecular flexibility index (Phi) is 2.96. The average Bonchev–Trinajstić information content (AvgIpc) is 2.91. The van der Waals surface area contributed by atoms with Crippen LogP contribution in [-0.4, -0.2) is 27.9 Å². The van der Waals surface area contributed by atoms with Gasteiger partial charge in [0.1, 0.15) is 13.2 Å². The second kappa shape index (κ2) is 4.77. The molecule has 3 rings (SSSR count). The lowest BCUT2D eigenvalue weighted by molar-refractivity contribution is 0.171. The summed E-state index contributed by atoms with van der Waals surface area (Å²) in [7, 11) is 0. The van der Waals surface area contributed by atoms with Gasteiger partial charge in [-0.2, -0.15) is 0 Å². The first kappa shape index (κ1) is 11.8. The first-order valence-corrected chi connectivity index (χ1v) is 6.13. The van der Waals surface area contributed by atoms with Crippen molar-refractivity contribution in [3.05, 3.63) is 30.9 Å². The van der Waals surface area contributed by atoms with Crippen molar-refractivity contribution in [2.45, 2.75) is 0 Å². The lowest BCUT2D eigenvalue weighted by atomic mass is 10.2. The molecule has 98 valence electrons. The summed E-state index contributed by atoms with van der Waals surface area (Å²) in [5.74, 6) is 1.37. The van der Waals surface area contributed by atoms with Gasteiger partial charge in [-0.05, 0) is 12.2 Å². The molecule has 3 N–H and O–H groups in total. The molecule has 0 saturated carbocycles. The van der Waals surface area contributed by atoms with E-state index in [0.29, 0.717) is 24.7 Å². The van der Waals surface area contributed by atoms with E-state index in [-0.39, 0.29) is 5.11 Å². The van der Waals surface area contributed by atoms with Crippen LogP contribution in [0.25, 0.3) is 5.69 Å². The van der Waals surface area contributed by atoms with Crippen LogP contribution in [0, 0.1) is 0 Å². The molecular weight excluding hydrogens is 264 g/mol. The fourth-order valence-electron chi connectivity index (χ4n) is 1.93. The van der Waals surface area contributed by atoms with E-state index in [2.05, 4.69) is 10.3 Å². The standard InChI is InChI=1S/C12H12N4O2S/c13-12(19)15-8-5-10-11(18-4-3-17-10)6-9(8)16-2-1-14-7-16/h1-2,5-7H,3-4H2,(H3,13,15,19). The Labute approximate surface area is 115 Å². The van der Waals surface area contributed by atoms with Crippen molar-refractivity contribution in [3.63, 3.8) is 0 Å². The highest BCUT2D eigenvalue weighted by molar-refractivity contribution is 7.80. The van der Waals surface area contributed by atoms with Crippen LogP contribution >= 0.6 is 12.2 Å². The van der Waals surface area contributed by atoms with Gasteiger partial charge < -0.3 is 25.1 Å². The number of fused-ring (bicyclic) bond motifs is 1. The number of hydrogen-bond acceptors (Lipinski definition) is 4. The SMILES string of the molecule is NC(=S)Nc1cc2c(cc1-n1ccnc1)OCCO2. The Hall–Kier alpha value is -2.28. The highest BCUT2D eigenvalue weighted by Crippen LogP contribution is 2.37. The molecule has 0 atom stereocenters. The highest BCUT2D eigenvalue weighted by Gasteiger charge is 2.17. The maximum atomic E-state index is 5.57. The first-order chi connectivity index (χ1) is 9.24. The molecule has 0 bridgehead atoms. The third-order valence-corrected chi connectivity index (χ3v) is 2.80. The van der Waals surface area contributed by atoms with Gasteiger partial charge in [0.15, 0.2) is 16.6 Å². The zero-order valence-corrected chi connectivity index (χ0v) is 10.8. The average molecular weight is 276 g/mol. The van der Waals surface area contributed by atoms with E-state index in [9.17, 15) is 0 Å². The minimum atomic E-state index is 0.193. The second-order valence-corrected chi connectivity index (χ2v) is 4.41. The fourth-order valence-corrected chi connectivity index (χ4v) is 2.04. The van der Waals surface area contributed by atoms with Crippen LogP contribution in [0.4, 0.5) is 5.69 Å². The molecule has 0 unspecified atom stereocenters. The zero-order chi connectivity index (χ0) is 13.2. The van der Waals surface area contributed by atoms with Crippen LogP contribution in [0.15, 0.2) is 30.9 Å². The number of ether oxygens (including phenoxy) is 2. The Balaban J connectivity index is 2.11. The van der Waals surface area contributed by atoms with Crippen molar-refractivity contribution in [3.8, 4) is 17.2 Å². The number of imidazole rings is 1. The number of hydrogen-bond donors (Lipinski definition) is 2. The normalized spacial score (nSPS) is 13.1. The molecule has 0 saturated heterocycles. The Bertz CT molecular complexity index is 612. The molecule has 1 aromatic carbocycles. The molecule has 0 spiro atoms. The van der Waals surface area contributed by atoms with Crippen molar-refractivity contribution in [1.29, 1.82) is 0 Å². The quantitative estimate of drug-likeness (QED) is 0.805. The Morgan fingerprint density at radius 3 is 2.68 bits per heavy atom. The predicted molar refractivity (Wildman–Crippen MR) is 75.0 cm³/mol. The van der Waals surface area contributed by atoms with Gasteiger partial charge >= 0.3 is 0 Å². The smallest absolute Gasteiger partial charge is 0.168 e. The number of nitrogens with zero attached hydrogens (tertiary/aromatic N) is 2. The maximum absolute atomic E-state index is 5.57.